The average molecular weight is 288 g/mol. The van der Waals surface area contributed by atoms with Gasteiger partial charge in [-0.1, -0.05) is 62.9 Å². The molecule has 2 rings (SSSR count). The van der Waals surface area contributed by atoms with E-state index in [2.05, 4.69) is 54.5 Å². The zero-order valence-corrected chi connectivity index (χ0v) is 13.9. The van der Waals surface area contributed by atoms with E-state index in [4.69, 9.17) is 0 Å². The Morgan fingerprint density at radius 3 is 2.48 bits per heavy atom. The van der Waals surface area contributed by atoms with Crippen molar-refractivity contribution in [1.29, 1.82) is 0 Å². The maximum absolute atomic E-state index is 3.74. The van der Waals surface area contributed by atoms with Crippen LogP contribution in [0.4, 0.5) is 0 Å². The summed E-state index contributed by atoms with van der Waals surface area (Å²) in [5, 5.41) is 3.74. The summed E-state index contributed by atoms with van der Waals surface area (Å²) in [4.78, 5) is 2.60. The lowest BCUT2D eigenvalue weighted by atomic mass is 9.91. The lowest BCUT2D eigenvalue weighted by molar-refractivity contribution is 0.165. The van der Waals surface area contributed by atoms with Crippen molar-refractivity contribution in [3.63, 3.8) is 0 Å². The number of benzene rings is 1. The summed E-state index contributed by atoms with van der Waals surface area (Å²) in [7, 11) is 2.32. The molecule has 118 valence electrons. The van der Waals surface area contributed by atoms with Crippen molar-refractivity contribution in [3.05, 3.63) is 35.9 Å². The zero-order valence-electron chi connectivity index (χ0n) is 13.9. The lowest BCUT2D eigenvalue weighted by Gasteiger charge is -2.37. The van der Waals surface area contributed by atoms with Gasteiger partial charge in [0.25, 0.3) is 0 Å². The van der Waals surface area contributed by atoms with Gasteiger partial charge in [-0.15, -0.1) is 0 Å². The van der Waals surface area contributed by atoms with Crippen molar-refractivity contribution in [2.24, 2.45) is 0 Å². The van der Waals surface area contributed by atoms with Gasteiger partial charge in [0.2, 0.25) is 0 Å². The van der Waals surface area contributed by atoms with Gasteiger partial charge in [-0.3, -0.25) is 0 Å². The molecule has 2 nitrogen and oxygen atoms in total. The molecule has 0 heterocycles. The Morgan fingerprint density at radius 1 is 1.05 bits per heavy atom. The Kier molecular flexibility index (Phi) is 7.25. The molecule has 2 unspecified atom stereocenters. The molecule has 0 saturated heterocycles. The van der Waals surface area contributed by atoms with Crippen LogP contribution in [0.1, 0.15) is 51.0 Å². The topological polar surface area (TPSA) is 15.3 Å². The molecule has 1 aromatic carbocycles. The van der Waals surface area contributed by atoms with Crippen LogP contribution in [0.15, 0.2) is 30.3 Å². The van der Waals surface area contributed by atoms with E-state index in [0.29, 0.717) is 12.1 Å². The largest absolute Gasteiger partial charge is 0.313 e. The van der Waals surface area contributed by atoms with Gasteiger partial charge in [0, 0.05) is 18.6 Å². The quantitative estimate of drug-likeness (QED) is 0.855. The van der Waals surface area contributed by atoms with Gasteiger partial charge in [0.05, 0.1) is 0 Å². The smallest absolute Gasteiger partial charge is 0.0246 e. The Hall–Kier alpha value is -0.860. The van der Waals surface area contributed by atoms with E-state index in [-0.39, 0.29) is 0 Å². The minimum absolute atomic E-state index is 0.677. The van der Waals surface area contributed by atoms with E-state index >= 15 is 0 Å². The molecule has 1 aliphatic carbocycles. The third-order valence-corrected chi connectivity index (χ3v) is 4.86. The van der Waals surface area contributed by atoms with Crippen LogP contribution in [0, 0.1) is 0 Å². The van der Waals surface area contributed by atoms with Crippen molar-refractivity contribution < 1.29 is 0 Å². The normalized spacial score (nSPS) is 23.8. The van der Waals surface area contributed by atoms with Gasteiger partial charge < -0.3 is 10.2 Å². The Bertz CT molecular complexity index is 376. The fraction of sp³-hybridized carbons (Fsp3) is 0.684. The molecule has 0 aliphatic heterocycles. The standard InChI is InChI=1S/C19H32N2/c1-3-20-18-13-9-4-5-10-14-19(18)21(2)16-15-17-11-7-6-8-12-17/h6-8,11-12,18-20H,3-5,9-10,13-16H2,1-2H3. The monoisotopic (exact) mass is 288 g/mol. The van der Waals surface area contributed by atoms with E-state index in [1.54, 1.807) is 0 Å². The first-order valence-electron chi connectivity index (χ1n) is 8.79. The number of nitrogens with one attached hydrogen (secondary N) is 1. The molecule has 1 fully saturated rings. The predicted octanol–water partition coefficient (Wildman–Crippen LogP) is 3.86. The van der Waals surface area contributed by atoms with Crippen LogP contribution in [-0.4, -0.2) is 37.1 Å². The van der Waals surface area contributed by atoms with Crippen LogP contribution in [0.25, 0.3) is 0 Å². The maximum Gasteiger partial charge on any atom is 0.0246 e. The van der Waals surface area contributed by atoms with Gasteiger partial charge >= 0.3 is 0 Å². The average Bonchev–Trinajstić information content (AvgIpc) is 2.49. The maximum atomic E-state index is 3.74. The molecule has 2 atom stereocenters. The first-order valence-corrected chi connectivity index (χ1v) is 8.79. The highest BCUT2D eigenvalue weighted by Gasteiger charge is 2.25. The Balaban J connectivity index is 1.90. The molecule has 1 aliphatic rings. The summed E-state index contributed by atoms with van der Waals surface area (Å²) in [6.07, 6.45) is 9.47. The fourth-order valence-corrected chi connectivity index (χ4v) is 3.61. The molecule has 0 bridgehead atoms. The highest BCUT2D eigenvalue weighted by molar-refractivity contribution is 5.14. The van der Waals surface area contributed by atoms with E-state index in [9.17, 15) is 0 Å². The van der Waals surface area contributed by atoms with Crippen molar-refractivity contribution in [1.82, 2.24) is 10.2 Å². The van der Waals surface area contributed by atoms with Crippen LogP contribution in [-0.2, 0) is 6.42 Å². The molecular formula is C19H32N2. The first kappa shape index (κ1) is 16.5. The molecule has 0 spiro atoms. The van der Waals surface area contributed by atoms with Crippen LogP contribution < -0.4 is 5.32 Å². The van der Waals surface area contributed by atoms with Gasteiger partial charge in [-0.25, -0.2) is 0 Å². The number of hydrogen-bond donors (Lipinski definition) is 1. The molecule has 0 amide bonds. The van der Waals surface area contributed by atoms with Crippen LogP contribution in [0.5, 0.6) is 0 Å². The van der Waals surface area contributed by atoms with E-state index in [1.807, 2.05) is 0 Å². The number of hydrogen-bond acceptors (Lipinski definition) is 2. The van der Waals surface area contributed by atoms with Crippen molar-refractivity contribution in [2.45, 2.75) is 64.0 Å². The minimum atomic E-state index is 0.677. The SMILES string of the molecule is CCNC1CCCCCCC1N(C)CCc1ccccc1. The second-order valence-electron chi connectivity index (χ2n) is 6.44. The van der Waals surface area contributed by atoms with Crippen LogP contribution >= 0.6 is 0 Å². The number of rotatable bonds is 6. The minimum Gasteiger partial charge on any atom is -0.313 e. The van der Waals surface area contributed by atoms with Crippen molar-refractivity contribution >= 4 is 0 Å². The fourth-order valence-electron chi connectivity index (χ4n) is 3.61. The molecule has 1 N–H and O–H groups in total. The van der Waals surface area contributed by atoms with Gasteiger partial charge in [0.1, 0.15) is 0 Å². The highest BCUT2D eigenvalue weighted by atomic mass is 15.2. The summed E-state index contributed by atoms with van der Waals surface area (Å²) in [6.45, 7) is 4.49. The summed E-state index contributed by atoms with van der Waals surface area (Å²) in [6, 6.07) is 12.3. The van der Waals surface area contributed by atoms with Crippen LogP contribution in [0.3, 0.4) is 0 Å². The molecule has 0 aromatic heterocycles. The summed E-state index contributed by atoms with van der Waals surface area (Å²) < 4.78 is 0. The first-order chi connectivity index (χ1) is 10.3. The number of likely N-dealkylation sites (N-methyl/N-ethyl adjacent to an activating group) is 2. The molecule has 2 heteroatoms. The van der Waals surface area contributed by atoms with Gasteiger partial charge in [-0.2, -0.15) is 0 Å². The second-order valence-corrected chi connectivity index (χ2v) is 6.44. The van der Waals surface area contributed by atoms with Crippen molar-refractivity contribution in [2.75, 3.05) is 20.1 Å². The lowest BCUT2D eigenvalue weighted by Crippen LogP contribution is -2.49. The molecular weight excluding hydrogens is 256 g/mol. The van der Waals surface area contributed by atoms with E-state index in [1.165, 1.54) is 44.1 Å². The molecule has 0 radical (unpaired) electrons. The third-order valence-electron chi connectivity index (χ3n) is 4.86. The molecule has 1 aromatic rings. The molecule has 1 saturated carbocycles. The second kappa shape index (κ2) is 9.22. The van der Waals surface area contributed by atoms with Gasteiger partial charge in [-0.05, 0) is 38.4 Å². The Labute approximate surface area is 130 Å². The predicted molar refractivity (Wildman–Crippen MR) is 91.7 cm³/mol. The van der Waals surface area contributed by atoms with Gasteiger partial charge in [0.15, 0.2) is 0 Å². The van der Waals surface area contributed by atoms with E-state index < -0.39 is 0 Å². The van der Waals surface area contributed by atoms with E-state index in [0.717, 1.165) is 19.5 Å². The van der Waals surface area contributed by atoms with Crippen LogP contribution in [0.2, 0.25) is 0 Å². The number of nitrogens with zero attached hydrogens (tertiary/aromatic N) is 1. The summed E-state index contributed by atoms with van der Waals surface area (Å²) in [5.74, 6) is 0. The highest BCUT2D eigenvalue weighted by Crippen LogP contribution is 2.21. The Morgan fingerprint density at radius 2 is 1.76 bits per heavy atom. The summed E-state index contributed by atoms with van der Waals surface area (Å²) in [5.41, 5.74) is 1.45. The van der Waals surface area contributed by atoms with Crippen molar-refractivity contribution in [3.8, 4) is 0 Å². The third kappa shape index (κ3) is 5.44. The molecule has 21 heavy (non-hydrogen) atoms. The zero-order chi connectivity index (χ0) is 14.9. The summed E-state index contributed by atoms with van der Waals surface area (Å²) >= 11 is 0.